The van der Waals surface area contributed by atoms with Gasteiger partial charge in [-0.2, -0.15) is 0 Å². The minimum atomic E-state index is -0.0379. The van der Waals surface area contributed by atoms with Crippen molar-refractivity contribution in [1.29, 1.82) is 0 Å². The van der Waals surface area contributed by atoms with Crippen LogP contribution >= 0.6 is 15.9 Å². The largest absolute Gasteiger partial charge is 0.354 e. The maximum atomic E-state index is 12.0. The number of aromatic nitrogens is 1. The molecule has 0 bridgehead atoms. The number of pyridine rings is 1. The molecule has 4 nitrogen and oxygen atoms in total. The summed E-state index contributed by atoms with van der Waals surface area (Å²) in [7, 11) is 0. The summed E-state index contributed by atoms with van der Waals surface area (Å²) in [5.74, 6) is 0.516. The maximum absolute atomic E-state index is 12.0. The minimum absolute atomic E-state index is 0.0379. The Morgan fingerprint density at radius 3 is 2.52 bits per heavy atom. The van der Waals surface area contributed by atoms with Crippen LogP contribution in [0.4, 0.5) is 17.2 Å². The number of amides is 1. The fourth-order valence-electron chi connectivity index (χ4n) is 2.38. The molecule has 0 aliphatic rings. The third kappa shape index (κ3) is 5.43. The molecule has 126 valence electrons. The molecule has 0 unspecified atom stereocenters. The minimum Gasteiger partial charge on any atom is -0.354 e. The molecule has 0 aliphatic heterocycles. The first-order chi connectivity index (χ1) is 12.2. The van der Waals surface area contributed by atoms with Crippen LogP contribution in [0.1, 0.15) is 12.0 Å². The summed E-state index contributed by atoms with van der Waals surface area (Å²) in [4.78, 5) is 16.3. The molecule has 2 N–H and O–H groups in total. The first kappa shape index (κ1) is 17.2. The molecule has 0 atom stereocenters. The number of carbonyl (C=O) groups is 1. The molecule has 0 fully saturated rings. The van der Waals surface area contributed by atoms with Gasteiger partial charge in [-0.1, -0.05) is 52.3 Å². The third-order valence-electron chi connectivity index (χ3n) is 3.63. The van der Waals surface area contributed by atoms with Crippen molar-refractivity contribution in [2.24, 2.45) is 0 Å². The van der Waals surface area contributed by atoms with Crippen molar-refractivity contribution in [2.45, 2.75) is 12.8 Å². The standard InChI is InChI=1S/C20H18BrN3O/c21-16-7-4-8-17(13-16)23-18-10-11-19(22-14-18)24-20(25)12-9-15-5-2-1-3-6-15/h1-8,10-11,13-14,23H,9,12H2,(H,22,24,25). The molecule has 5 heteroatoms. The zero-order valence-corrected chi connectivity index (χ0v) is 15.2. The van der Waals surface area contributed by atoms with E-state index in [2.05, 4.69) is 31.5 Å². The van der Waals surface area contributed by atoms with Crippen LogP contribution in [0.2, 0.25) is 0 Å². The van der Waals surface area contributed by atoms with E-state index in [9.17, 15) is 4.79 Å². The summed E-state index contributed by atoms with van der Waals surface area (Å²) in [6.45, 7) is 0. The molecule has 1 heterocycles. The average Bonchev–Trinajstić information content (AvgIpc) is 2.63. The van der Waals surface area contributed by atoms with Crippen LogP contribution in [0, 0.1) is 0 Å². The Morgan fingerprint density at radius 2 is 1.80 bits per heavy atom. The summed E-state index contributed by atoms with van der Waals surface area (Å²) in [6, 6.07) is 21.5. The molecule has 0 radical (unpaired) electrons. The molecule has 0 saturated carbocycles. The molecule has 1 aromatic heterocycles. The normalized spacial score (nSPS) is 10.3. The van der Waals surface area contributed by atoms with E-state index in [0.717, 1.165) is 27.8 Å². The van der Waals surface area contributed by atoms with Crippen LogP contribution in [0.5, 0.6) is 0 Å². The SMILES string of the molecule is O=C(CCc1ccccc1)Nc1ccc(Nc2cccc(Br)c2)cn1. The van der Waals surface area contributed by atoms with Crippen molar-refractivity contribution in [2.75, 3.05) is 10.6 Å². The number of rotatable bonds is 6. The lowest BCUT2D eigenvalue weighted by Gasteiger charge is -2.08. The van der Waals surface area contributed by atoms with Crippen molar-refractivity contribution in [3.05, 3.63) is 83.0 Å². The predicted molar refractivity (Wildman–Crippen MR) is 105 cm³/mol. The van der Waals surface area contributed by atoms with Gasteiger partial charge in [-0.15, -0.1) is 0 Å². The summed E-state index contributed by atoms with van der Waals surface area (Å²) in [6.07, 6.45) is 2.85. The van der Waals surface area contributed by atoms with Crippen molar-refractivity contribution in [1.82, 2.24) is 4.98 Å². The lowest BCUT2D eigenvalue weighted by Crippen LogP contribution is -2.13. The number of aryl methyl sites for hydroxylation is 1. The van der Waals surface area contributed by atoms with Crippen LogP contribution in [-0.4, -0.2) is 10.9 Å². The predicted octanol–water partition coefficient (Wildman–Crippen LogP) is 5.16. The maximum Gasteiger partial charge on any atom is 0.225 e. The third-order valence-corrected chi connectivity index (χ3v) is 4.12. The monoisotopic (exact) mass is 395 g/mol. The molecule has 0 spiro atoms. The Morgan fingerprint density at radius 1 is 0.960 bits per heavy atom. The van der Waals surface area contributed by atoms with Gasteiger partial charge < -0.3 is 10.6 Å². The number of hydrogen-bond acceptors (Lipinski definition) is 3. The average molecular weight is 396 g/mol. The number of nitrogens with zero attached hydrogens (tertiary/aromatic N) is 1. The molecule has 1 amide bonds. The van der Waals surface area contributed by atoms with E-state index < -0.39 is 0 Å². The number of benzene rings is 2. The number of halogens is 1. The second-order valence-corrected chi connectivity index (χ2v) is 6.52. The van der Waals surface area contributed by atoms with Crippen molar-refractivity contribution >= 4 is 39.0 Å². The van der Waals surface area contributed by atoms with Crippen LogP contribution < -0.4 is 10.6 Å². The summed E-state index contributed by atoms with van der Waals surface area (Å²) in [5, 5.41) is 6.09. The number of carbonyl (C=O) groups excluding carboxylic acids is 1. The van der Waals surface area contributed by atoms with Crippen molar-refractivity contribution in [3.8, 4) is 0 Å². The molecule has 25 heavy (non-hydrogen) atoms. The Hall–Kier alpha value is -2.66. The molecule has 0 saturated heterocycles. The zero-order valence-electron chi connectivity index (χ0n) is 13.6. The lowest BCUT2D eigenvalue weighted by molar-refractivity contribution is -0.116. The number of nitrogens with one attached hydrogen (secondary N) is 2. The van der Waals surface area contributed by atoms with Crippen LogP contribution in [0.3, 0.4) is 0 Å². The Balaban J connectivity index is 1.52. The summed E-state index contributed by atoms with van der Waals surface area (Å²) in [5.41, 5.74) is 2.98. The van der Waals surface area contributed by atoms with Crippen LogP contribution in [0.25, 0.3) is 0 Å². The van der Waals surface area contributed by atoms with Crippen molar-refractivity contribution < 1.29 is 4.79 Å². The van der Waals surface area contributed by atoms with Gasteiger partial charge in [0.05, 0.1) is 11.9 Å². The van der Waals surface area contributed by atoms with Gasteiger partial charge in [0.1, 0.15) is 5.82 Å². The first-order valence-electron chi connectivity index (χ1n) is 8.01. The van der Waals surface area contributed by atoms with Gasteiger partial charge in [0.2, 0.25) is 5.91 Å². The van der Waals surface area contributed by atoms with Crippen molar-refractivity contribution in [3.63, 3.8) is 0 Å². The highest BCUT2D eigenvalue weighted by Gasteiger charge is 2.04. The van der Waals surface area contributed by atoms with E-state index in [1.54, 1.807) is 12.3 Å². The van der Waals surface area contributed by atoms with Gasteiger partial charge in [0.15, 0.2) is 0 Å². The summed E-state index contributed by atoms with van der Waals surface area (Å²) < 4.78 is 1.01. The van der Waals surface area contributed by atoms with E-state index in [1.807, 2.05) is 60.7 Å². The lowest BCUT2D eigenvalue weighted by atomic mass is 10.1. The summed E-state index contributed by atoms with van der Waals surface area (Å²) >= 11 is 3.44. The van der Waals surface area contributed by atoms with E-state index in [0.29, 0.717) is 12.2 Å². The Kier molecular flexibility index (Phi) is 5.80. The molecule has 0 aliphatic carbocycles. The highest BCUT2D eigenvalue weighted by atomic mass is 79.9. The van der Waals surface area contributed by atoms with Gasteiger partial charge in [-0.3, -0.25) is 4.79 Å². The second-order valence-electron chi connectivity index (χ2n) is 5.60. The quantitative estimate of drug-likeness (QED) is 0.605. The topological polar surface area (TPSA) is 54.0 Å². The molecule has 3 aromatic rings. The fourth-order valence-corrected chi connectivity index (χ4v) is 2.78. The van der Waals surface area contributed by atoms with Gasteiger partial charge >= 0.3 is 0 Å². The van der Waals surface area contributed by atoms with Gasteiger partial charge in [0, 0.05) is 16.6 Å². The number of hydrogen-bond donors (Lipinski definition) is 2. The first-order valence-corrected chi connectivity index (χ1v) is 8.81. The molecule has 3 rings (SSSR count). The van der Waals surface area contributed by atoms with Gasteiger partial charge in [-0.05, 0) is 42.3 Å². The second kappa shape index (κ2) is 8.44. The van der Waals surface area contributed by atoms with Crippen LogP contribution in [0.15, 0.2) is 77.4 Å². The number of anilines is 3. The van der Waals surface area contributed by atoms with E-state index in [4.69, 9.17) is 0 Å². The highest BCUT2D eigenvalue weighted by molar-refractivity contribution is 9.10. The fraction of sp³-hybridized carbons (Fsp3) is 0.100. The highest BCUT2D eigenvalue weighted by Crippen LogP contribution is 2.20. The Labute approximate surface area is 155 Å². The van der Waals surface area contributed by atoms with Gasteiger partial charge in [0.25, 0.3) is 0 Å². The zero-order chi connectivity index (χ0) is 17.5. The molecular weight excluding hydrogens is 378 g/mol. The molecule has 2 aromatic carbocycles. The van der Waals surface area contributed by atoms with E-state index >= 15 is 0 Å². The smallest absolute Gasteiger partial charge is 0.225 e. The van der Waals surface area contributed by atoms with Crippen LogP contribution in [-0.2, 0) is 11.2 Å². The van der Waals surface area contributed by atoms with E-state index in [-0.39, 0.29) is 5.91 Å². The molecular formula is C20H18BrN3O. The Bertz CT molecular complexity index is 835. The van der Waals surface area contributed by atoms with E-state index in [1.165, 1.54) is 0 Å². The van der Waals surface area contributed by atoms with Gasteiger partial charge in [-0.25, -0.2) is 4.98 Å².